The molecule has 0 amide bonds. The van der Waals surface area contributed by atoms with E-state index < -0.39 is 15.7 Å². The molecule has 0 saturated heterocycles. The fourth-order valence-corrected chi connectivity index (χ4v) is 2.01. The van der Waals surface area contributed by atoms with Crippen molar-refractivity contribution >= 4 is 22.2 Å². The summed E-state index contributed by atoms with van der Waals surface area (Å²) in [5.74, 6) is 1.39. The molecule has 1 unspecified atom stereocenters. The van der Waals surface area contributed by atoms with Crippen LogP contribution >= 0.6 is 0 Å². The number of rotatable bonds is 7. The van der Waals surface area contributed by atoms with E-state index in [-0.39, 0.29) is 11.4 Å². The summed E-state index contributed by atoms with van der Waals surface area (Å²) < 4.78 is 16.2. The van der Waals surface area contributed by atoms with Gasteiger partial charge in [-0.3, -0.25) is 14.3 Å². The Morgan fingerprint density at radius 1 is 1.50 bits per heavy atom. The van der Waals surface area contributed by atoms with Crippen LogP contribution in [0.4, 0.5) is 11.4 Å². The number of benzene rings is 1. The van der Waals surface area contributed by atoms with Crippen molar-refractivity contribution in [3.63, 3.8) is 0 Å². The highest BCUT2D eigenvalue weighted by atomic mass is 32.2. The zero-order chi connectivity index (χ0) is 13.5. The van der Waals surface area contributed by atoms with Gasteiger partial charge >= 0.3 is 5.69 Å². The Balaban J connectivity index is 2.68. The Morgan fingerprint density at radius 2 is 2.22 bits per heavy atom. The molecule has 0 aliphatic carbocycles. The second-order valence-electron chi connectivity index (χ2n) is 3.50. The van der Waals surface area contributed by atoms with Crippen molar-refractivity contribution in [3.8, 4) is 5.75 Å². The number of nitrogens with zero attached hydrogens (tertiary/aromatic N) is 1. The van der Waals surface area contributed by atoms with E-state index in [1.54, 1.807) is 12.1 Å². The average molecular weight is 272 g/mol. The highest BCUT2D eigenvalue weighted by Gasteiger charge is 2.14. The maximum atomic E-state index is 11.2. The first-order valence-corrected chi connectivity index (χ1v) is 6.98. The number of nitro groups is 1. The lowest BCUT2D eigenvalue weighted by Gasteiger charge is -2.08. The number of ether oxygens (including phenoxy) is 1. The van der Waals surface area contributed by atoms with E-state index in [0.29, 0.717) is 23.7 Å². The lowest BCUT2D eigenvalue weighted by molar-refractivity contribution is -0.385. The summed E-state index contributed by atoms with van der Waals surface area (Å²) in [5.41, 5.74) is 0.644. The van der Waals surface area contributed by atoms with Gasteiger partial charge in [-0.25, -0.2) is 0 Å². The summed E-state index contributed by atoms with van der Waals surface area (Å²) in [6.07, 6.45) is 0. The van der Waals surface area contributed by atoms with Gasteiger partial charge in [-0.15, -0.1) is 0 Å². The Bertz CT molecular complexity index is 451. The highest BCUT2D eigenvalue weighted by molar-refractivity contribution is 7.84. The van der Waals surface area contributed by atoms with Gasteiger partial charge in [0, 0.05) is 46.7 Å². The van der Waals surface area contributed by atoms with Gasteiger partial charge in [-0.1, -0.05) is 6.92 Å². The monoisotopic (exact) mass is 272 g/mol. The molecule has 100 valence electrons. The van der Waals surface area contributed by atoms with E-state index in [4.69, 9.17) is 4.74 Å². The molecule has 0 radical (unpaired) electrons. The van der Waals surface area contributed by atoms with Crippen LogP contribution in [-0.2, 0) is 10.8 Å². The van der Waals surface area contributed by atoms with Gasteiger partial charge in [0.15, 0.2) is 5.75 Å². The number of anilines is 1. The molecule has 0 aliphatic rings. The summed E-state index contributed by atoms with van der Waals surface area (Å²) in [6, 6.07) is 4.56. The van der Waals surface area contributed by atoms with Gasteiger partial charge in [-0.2, -0.15) is 0 Å². The summed E-state index contributed by atoms with van der Waals surface area (Å²) in [4.78, 5) is 10.2. The molecule has 0 aromatic heterocycles. The molecule has 6 nitrogen and oxygen atoms in total. The van der Waals surface area contributed by atoms with Crippen LogP contribution in [-0.4, -0.2) is 34.3 Å². The molecule has 0 heterocycles. The van der Waals surface area contributed by atoms with Gasteiger partial charge in [-0.05, 0) is 6.07 Å². The molecule has 1 rings (SSSR count). The molecular formula is C11H16N2O4S. The fourth-order valence-electron chi connectivity index (χ4n) is 1.39. The lowest BCUT2D eigenvalue weighted by atomic mass is 10.2. The quantitative estimate of drug-likeness (QED) is 0.604. The van der Waals surface area contributed by atoms with Crippen LogP contribution in [0.3, 0.4) is 0 Å². The van der Waals surface area contributed by atoms with Crippen LogP contribution in [0.25, 0.3) is 0 Å². The largest absolute Gasteiger partial charge is 0.490 e. The first-order chi connectivity index (χ1) is 8.58. The molecule has 0 spiro atoms. The lowest BCUT2D eigenvalue weighted by Crippen LogP contribution is -2.12. The number of nitro benzene ring substituents is 1. The van der Waals surface area contributed by atoms with Gasteiger partial charge < -0.3 is 10.1 Å². The molecule has 18 heavy (non-hydrogen) atoms. The van der Waals surface area contributed by atoms with Crippen molar-refractivity contribution in [2.24, 2.45) is 0 Å². The third-order valence-electron chi connectivity index (χ3n) is 2.36. The van der Waals surface area contributed by atoms with E-state index in [1.165, 1.54) is 13.2 Å². The molecule has 1 N–H and O–H groups in total. The number of nitrogens with one attached hydrogen (secondary N) is 1. The Morgan fingerprint density at radius 3 is 2.78 bits per heavy atom. The minimum atomic E-state index is -0.821. The minimum Gasteiger partial charge on any atom is -0.490 e. The van der Waals surface area contributed by atoms with Crippen molar-refractivity contribution < 1.29 is 13.9 Å². The SMILES string of the molecule is CCS(=O)CCNc1ccc([N+](=O)[O-])c(OC)c1. The van der Waals surface area contributed by atoms with Crippen LogP contribution in [0.15, 0.2) is 18.2 Å². The van der Waals surface area contributed by atoms with E-state index in [0.717, 1.165) is 0 Å². The zero-order valence-corrected chi connectivity index (χ0v) is 11.2. The third kappa shape index (κ3) is 3.99. The normalized spacial score (nSPS) is 11.9. The Hall–Kier alpha value is -1.63. The van der Waals surface area contributed by atoms with Crippen LogP contribution in [0.1, 0.15) is 6.92 Å². The fraction of sp³-hybridized carbons (Fsp3) is 0.455. The predicted molar refractivity (Wildman–Crippen MR) is 71.7 cm³/mol. The van der Waals surface area contributed by atoms with Crippen molar-refractivity contribution in [2.75, 3.05) is 30.5 Å². The number of hydrogen-bond acceptors (Lipinski definition) is 5. The standard InChI is InChI=1S/C11H16N2O4S/c1-3-18(16)7-6-12-9-4-5-10(13(14)15)11(8-9)17-2/h4-5,8,12H,3,6-7H2,1-2H3. The van der Waals surface area contributed by atoms with Gasteiger partial charge in [0.1, 0.15) is 0 Å². The molecule has 1 aromatic carbocycles. The van der Waals surface area contributed by atoms with Crippen LogP contribution in [0.2, 0.25) is 0 Å². The van der Waals surface area contributed by atoms with Crippen molar-refractivity contribution in [3.05, 3.63) is 28.3 Å². The molecular weight excluding hydrogens is 256 g/mol. The maximum absolute atomic E-state index is 11.2. The molecule has 0 saturated carbocycles. The second kappa shape index (κ2) is 6.95. The molecule has 0 aliphatic heterocycles. The first-order valence-electron chi connectivity index (χ1n) is 5.49. The van der Waals surface area contributed by atoms with Crippen LogP contribution in [0.5, 0.6) is 5.75 Å². The Labute approximate surface area is 108 Å². The summed E-state index contributed by atoms with van der Waals surface area (Å²) in [6.45, 7) is 2.42. The summed E-state index contributed by atoms with van der Waals surface area (Å²) in [7, 11) is 0.566. The first kappa shape index (κ1) is 14.4. The van der Waals surface area contributed by atoms with Crippen molar-refractivity contribution in [2.45, 2.75) is 6.92 Å². The Kier molecular flexibility index (Phi) is 5.57. The van der Waals surface area contributed by atoms with E-state index in [9.17, 15) is 14.3 Å². The van der Waals surface area contributed by atoms with Crippen molar-refractivity contribution in [1.82, 2.24) is 0 Å². The van der Waals surface area contributed by atoms with Crippen LogP contribution in [0, 0.1) is 10.1 Å². The van der Waals surface area contributed by atoms with Crippen LogP contribution < -0.4 is 10.1 Å². The molecule has 7 heteroatoms. The van der Waals surface area contributed by atoms with Gasteiger partial charge in [0.25, 0.3) is 0 Å². The van der Waals surface area contributed by atoms with Gasteiger partial charge in [0.05, 0.1) is 12.0 Å². The predicted octanol–water partition coefficient (Wildman–Crippen LogP) is 1.78. The molecule has 0 fully saturated rings. The van der Waals surface area contributed by atoms with E-state index in [1.807, 2.05) is 6.92 Å². The third-order valence-corrected chi connectivity index (χ3v) is 3.66. The minimum absolute atomic E-state index is 0.0693. The smallest absolute Gasteiger partial charge is 0.311 e. The zero-order valence-electron chi connectivity index (χ0n) is 10.3. The summed E-state index contributed by atoms with van der Waals surface area (Å²) >= 11 is 0. The maximum Gasteiger partial charge on any atom is 0.311 e. The number of hydrogen-bond donors (Lipinski definition) is 1. The van der Waals surface area contributed by atoms with E-state index in [2.05, 4.69) is 5.32 Å². The summed E-state index contributed by atoms with van der Waals surface area (Å²) in [5, 5.41) is 13.8. The van der Waals surface area contributed by atoms with Gasteiger partial charge in [0.2, 0.25) is 0 Å². The molecule has 1 atom stereocenters. The average Bonchev–Trinajstić information content (AvgIpc) is 2.37. The molecule has 0 bridgehead atoms. The van der Waals surface area contributed by atoms with Crippen molar-refractivity contribution in [1.29, 1.82) is 0 Å². The topological polar surface area (TPSA) is 81.5 Å². The second-order valence-corrected chi connectivity index (χ2v) is 5.37. The molecule has 1 aromatic rings. The highest BCUT2D eigenvalue weighted by Crippen LogP contribution is 2.29. The number of methoxy groups -OCH3 is 1. The van der Waals surface area contributed by atoms with E-state index >= 15 is 0 Å².